The molecule has 1 aliphatic heterocycles. The summed E-state index contributed by atoms with van der Waals surface area (Å²) in [6, 6.07) is 15.0. The summed E-state index contributed by atoms with van der Waals surface area (Å²) in [4.78, 5) is 24.2. The summed E-state index contributed by atoms with van der Waals surface area (Å²) in [5.41, 5.74) is 1.74. The van der Waals surface area contributed by atoms with Gasteiger partial charge in [-0.15, -0.1) is 0 Å². The maximum Gasteiger partial charge on any atom is 0.266 e. The van der Waals surface area contributed by atoms with E-state index in [2.05, 4.69) is 10.6 Å². The second-order valence-electron chi connectivity index (χ2n) is 5.97. The molecule has 0 bridgehead atoms. The minimum atomic E-state index is -0.810. The zero-order valence-corrected chi connectivity index (χ0v) is 14.7. The number of hydrogen-bond acceptors (Lipinski definition) is 4. The van der Waals surface area contributed by atoms with Crippen molar-refractivity contribution in [2.45, 2.75) is 25.9 Å². The molecule has 0 radical (unpaired) electrons. The number of carbonyl (C=O) groups excluding carboxylic acids is 2. The number of amides is 2. The summed E-state index contributed by atoms with van der Waals surface area (Å²) >= 11 is 0. The zero-order valence-electron chi connectivity index (χ0n) is 14.7. The average molecular weight is 354 g/mol. The highest BCUT2D eigenvalue weighted by molar-refractivity contribution is 5.99. The van der Waals surface area contributed by atoms with Crippen LogP contribution in [0.3, 0.4) is 0 Å². The van der Waals surface area contributed by atoms with Crippen LogP contribution >= 0.6 is 0 Å². The van der Waals surface area contributed by atoms with E-state index in [0.717, 1.165) is 11.3 Å². The van der Waals surface area contributed by atoms with Gasteiger partial charge in [-0.1, -0.05) is 24.3 Å². The van der Waals surface area contributed by atoms with E-state index in [4.69, 9.17) is 9.47 Å². The first-order chi connectivity index (χ1) is 12.7. The Morgan fingerprint density at radius 1 is 1.19 bits per heavy atom. The highest BCUT2D eigenvalue weighted by Gasteiger charge is 2.29. The highest BCUT2D eigenvalue weighted by atomic mass is 16.5. The molecule has 1 atom stereocenters. The third-order valence-electron chi connectivity index (χ3n) is 4.05. The van der Waals surface area contributed by atoms with Gasteiger partial charge in [0.15, 0.2) is 6.10 Å². The van der Waals surface area contributed by atoms with Crippen molar-refractivity contribution >= 4 is 17.5 Å². The molecular weight excluding hydrogens is 332 g/mol. The van der Waals surface area contributed by atoms with Crippen LogP contribution < -0.4 is 20.1 Å². The van der Waals surface area contributed by atoms with Crippen LogP contribution in [0.5, 0.6) is 11.5 Å². The summed E-state index contributed by atoms with van der Waals surface area (Å²) in [6.07, 6.45) is -0.113. The van der Waals surface area contributed by atoms with Gasteiger partial charge in [-0.2, -0.15) is 0 Å². The van der Waals surface area contributed by atoms with E-state index in [1.807, 2.05) is 43.3 Å². The van der Waals surface area contributed by atoms with Crippen LogP contribution in [0.1, 0.15) is 18.9 Å². The molecule has 0 unspecified atom stereocenters. The Bertz CT molecular complexity index is 774. The number of rotatable bonds is 7. The van der Waals surface area contributed by atoms with E-state index < -0.39 is 6.10 Å². The maximum absolute atomic E-state index is 12.1. The fourth-order valence-electron chi connectivity index (χ4n) is 2.73. The number of carbonyl (C=O) groups is 2. The van der Waals surface area contributed by atoms with Gasteiger partial charge in [-0.05, 0) is 43.2 Å². The van der Waals surface area contributed by atoms with Crippen molar-refractivity contribution in [2.24, 2.45) is 0 Å². The number of hydrogen-bond donors (Lipinski definition) is 2. The van der Waals surface area contributed by atoms with Crippen LogP contribution in [0.4, 0.5) is 5.69 Å². The Kier molecular flexibility index (Phi) is 5.73. The Balaban J connectivity index is 1.45. The van der Waals surface area contributed by atoms with Crippen LogP contribution in [-0.2, 0) is 16.0 Å². The van der Waals surface area contributed by atoms with Gasteiger partial charge in [0.25, 0.3) is 5.91 Å². The summed E-state index contributed by atoms with van der Waals surface area (Å²) < 4.78 is 11.0. The first kappa shape index (κ1) is 17.8. The minimum absolute atomic E-state index is 0.0105. The quantitative estimate of drug-likeness (QED) is 0.801. The standard InChI is InChI=1S/C20H22N2O4/c1-2-25-15-9-7-14(8-10-15)11-12-21-19(23)13-18-20(24)22-16-5-3-4-6-17(16)26-18/h3-10,18H,2,11-13H2,1H3,(H,21,23)(H,22,24)/t18-/m1/s1. The SMILES string of the molecule is CCOc1ccc(CCNC(=O)C[C@H]2Oc3ccccc3NC2=O)cc1. The van der Waals surface area contributed by atoms with E-state index in [1.165, 1.54) is 0 Å². The third-order valence-corrected chi connectivity index (χ3v) is 4.05. The Morgan fingerprint density at radius 3 is 2.73 bits per heavy atom. The van der Waals surface area contributed by atoms with E-state index >= 15 is 0 Å². The average Bonchev–Trinajstić information content (AvgIpc) is 2.64. The lowest BCUT2D eigenvalue weighted by atomic mass is 10.1. The molecule has 0 saturated heterocycles. The maximum atomic E-state index is 12.1. The molecule has 1 heterocycles. The molecule has 2 N–H and O–H groups in total. The number of ether oxygens (including phenoxy) is 2. The van der Waals surface area contributed by atoms with E-state index in [-0.39, 0.29) is 18.2 Å². The first-order valence-electron chi connectivity index (χ1n) is 8.70. The van der Waals surface area contributed by atoms with E-state index in [0.29, 0.717) is 31.0 Å². The molecule has 2 aromatic rings. The third kappa shape index (κ3) is 4.53. The van der Waals surface area contributed by atoms with Crippen molar-refractivity contribution in [3.05, 3.63) is 54.1 Å². The number of fused-ring (bicyclic) bond motifs is 1. The second-order valence-corrected chi connectivity index (χ2v) is 5.97. The summed E-state index contributed by atoms with van der Waals surface area (Å²) in [6.45, 7) is 3.08. The fourth-order valence-corrected chi connectivity index (χ4v) is 2.73. The zero-order chi connectivity index (χ0) is 18.4. The van der Waals surface area contributed by atoms with Crippen molar-refractivity contribution in [2.75, 3.05) is 18.5 Å². The molecule has 0 fully saturated rings. The van der Waals surface area contributed by atoms with Crippen molar-refractivity contribution in [3.63, 3.8) is 0 Å². The number of para-hydroxylation sites is 2. The Labute approximate surface area is 152 Å². The lowest BCUT2D eigenvalue weighted by Gasteiger charge is -2.25. The molecule has 0 aliphatic carbocycles. The van der Waals surface area contributed by atoms with Crippen molar-refractivity contribution in [1.29, 1.82) is 0 Å². The molecule has 26 heavy (non-hydrogen) atoms. The van der Waals surface area contributed by atoms with E-state index in [1.54, 1.807) is 12.1 Å². The van der Waals surface area contributed by atoms with E-state index in [9.17, 15) is 9.59 Å². The van der Waals surface area contributed by atoms with Gasteiger partial charge in [0.1, 0.15) is 11.5 Å². The van der Waals surface area contributed by atoms with Gasteiger partial charge in [0.05, 0.1) is 18.7 Å². The molecule has 136 valence electrons. The van der Waals surface area contributed by atoms with Crippen LogP contribution in [0.15, 0.2) is 48.5 Å². The lowest BCUT2D eigenvalue weighted by molar-refractivity contribution is -0.130. The summed E-state index contributed by atoms with van der Waals surface area (Å²) in [5, 5.41) is 5.59. The normalized spacial score (nSPS) is 15.4. The van der Waals surface area contributed by atoms with Crippen LogP contribution in [-0.4, -0.2) is 31.1 Å². The van der Waals surface area contributed by atoms with Gasteiger partial charge in [-0.25, -0.2) is 0 Å². The van der Waals surface area contributed by atoms with Crippen LogP contribution in [0.25, 0.3) is 0 Å². The lowest BCUT2D eigenvalue weighted by Crippen LogP contribution is -2.41. The van der Waals surface area contributed by atoms with Gasteiger partial charge in [0.2, 0.25) is 5.91 Å². The predicted octanol–water partition coefficient (Wildman–Crippen LogP) is 2.53. The van der Waals surface area contributed by atoms with Gasteiger partial charge in [-0.3, -0.25) is 9.59 Å². The number of nitrogens with one attached hydrogen (secondary N) is 2. The molecule has 2 amide bonds. The molecule has 1 aliphatic rings. The smallest absolute Gasteiger partial charge is 0.266 e. The van der Waals surface area contributed by atoms with Crippen molar-refractivity contribution < 1.29 is 19.1 Å². The Hall–Kier alpha value is -3.02. The number of benzene rings is 2. The predicted molar refractivity (Wildman–Crippen MR) is 98.4 cm³/mol. The summed E-state index contributed by atoms with van der Waals surface area (Å²) in [5.74, 6) is 0.904. The second kappa shape index (κ2) is 8.38. The minimum Gasteiger partial charge on any atom is -0.494 e. The molecule has 0 aromatic heterocycles. The highest BCUT2D eigenvalue weighted by Crippen LogP contribution is 2.29. The first-order valence-corrected chi connectivity index (χ1v) is 8.70. The molecule has 0 spiro atoms. The monoisotopic (exact) mass is 354 g/mol. The van der Waals surface area contributed by atoms with Gasteiger partial charge in [0, 0.05) is 6.54 Å². The molecule has 6 nitrogen and oxygen atoms in total. The van der Waals surface area contributed by atoms with Crippen LogP contribution in [0, 0.1) is 0 Å². The van der Waals surface area contributed by atoms with Gasteiger partial charge < -0.3 is 20.1 Å². The Morgan fingerprint density at radius 2 is 1.96 bits per heavy atom. The summed E-state index contributed by atoms with van der Waals surface area (Å²) in [7, 11) is 0. The van der Waals surface area contributed by atoms with Crippen molar-refractivity contribution in [1.82, 2.24) is 5.32 Å². The van der Waals surface area contributed by atoms with Crippen molar-refractivity contribution in [3.8, 4) is 11.5 Å². The molecule has 2 aromatic carbocycles. The number of anilines is 1. The topological polar surface area (TPSA) is 76.7 Å². The molecule has 3 rings (SSSR count). The molecule has 6 heteroatoms. The fraction of sp³-hybridized carbons (Fsp3) is 0.300. The molecular formula is C20H22N2O4. The van der Waals surface area contributed by atoms with Crippen LogP contribution in [0.2, 0.25) is 0 Å². The largest absolute Gasteiger partial charge is 0.494 e. The molecule has 0 saturated carbocycles. The van der Waals surface area contributed by atoms with Gasteiger partial charge >= 0.3 is 0 Å².